The van der Waals surface area contributed by atoms with Crippen molar-refractivity contribution in [3.05, 3.63) is 30.1 Å². The molecule has 8 nitrogen and oxygen atoms in total. The van der Waals surface area contributed by atoms with Crippen LogP contribution in [0.4, 0.5) is 19.4 Å². The zero-order valence-electron chi connectivity index (χ0n) is 20.9. The molecule has 2 aromatic rings. The highest BCUT2D eigenvalue weighted by molar-refractivity contribution is 5.68. The molecule has 0 spiro atoms. The number of amides is 1. The van der Waals surface area contributed by atoms with Crippen molar-refractivity contribution in [3.63, 3.8) is 0 Å². The topological polar surface area (TPSA) is 81.5 Å². The molecule has 0 aromatic carbocycles. The van der Waals surface area contributed by atoms with Crippen LogP contribution in [0.5, 0.6) is 5.75 Å². The average Bonchev–Trinajstić information content (AvgIpc) is 3.21. The number of nitrogens with one attached hydrogen (secondary N) is 1. The molecule has 10 heteroatoms. The summed E-state index contributed by atoms with van der Waals surface area (Å²) in [6.07, 6.45) is 3.34. The summed E-state index contributed by atoms with van der Waals surface area (Å²) in [5.74, 6) is -0.789. The molecule has 1 amide bonds. The molecule has 2 aliphatic rings. The van der Waals surface area contributed by atoms with Gasteiger partial charge >= 0.3 is 6.09 Å². The number of piperidine rings is 1. The Hall–Kier alpha value is -2.91. The highest BCUT2D eigenvalue weighted by atomic mass is 19.3. The van der Waals surface area contributed by atoms with Crippen LogP contribution in [0.1, 0.15) is 65.0 Å². The summed E-state index contributed by atoms with van der Waals surface area (Å²) in [4.78, 5) is 18.7. The highest BCUT2D eigenvalue weighted by Gasteiger charge is 2.35. The van der Waals surface area contributed by atoms with Crippen molar-refractivity contribution in [1.82, 2.24) is 19.7 Å². The number of carbonyl (C=O) groups excluding carboxylic acids is 1. The van der Waals surface area contributed by atoms with Crippen molar-refractivity contribution < 1.29 is 23.0 Å². The van der Waals surface area contributed by atoms with Crippen LogP contribution >= 0.6 is 0 Å². The van der Waals surface area contributed by atoms with Gasteiger partial charge in [0.2, 0.25) is 5.92 Å². The van der Waals surface area contributed by atoms with Crippen LogP contribution in [0.25, 0.3) is 5.82 Å². The standard InChI is InChI=1S/C25H35F2N5O3/c1-17-7-14-32(30-17)22-16-20(15-21(29-22)28-18-5-10-25(26,27)11-6-18)34-19-8-12-31(13-9-19)23(33)35-24(2,3)4/h7,14-16,18-19H,5-6,8-13H2,1-4H3,(H,28,29). The number of pyridine rings is 1. The number of hydrogen-bond acceptors (Lipinski definition) is 6. The predicted octanol–water partition coefficient (Wildman–Crippen LogP) is 5.34. The molecule has 0 bridgehead atoms. The summed E-state index contributed by atoms with van der Waals surface area (Å²) in [6, 6.07) is 5.46. The summed E-state index contributed by atoms with van der Waals surface area (Å²) in [7, 11) is 0. The molecule has 3 heterocycles. The van der Waals surface area contributed by atoms with Crippen molar-refractivity contribution in [2.24, 2.45) is 0 Å². The van der Waals surface area contributed by atoms with Crippen molar-refractivity contribution in [2.75, 3.05) is 18.4 Å². The van der Waals surface area contributed by atoms with Crippen LogP contribution in [-0.2, 0) is 4.74 Å². The van der Waals surface area contributed by atoms with Crippen LogP contribution in [0.2, 0.25) is 0 Å². The Kier molecular flexibility index (Phi) is 7.19. The first kappa shape index (κ1) is 25.2. The van der Waals surface area contributed by atoms with Gasteiger partial charge in [-0.2, -0.15) is 5.10 Å². The smallest absolute Gasteiger partial charge is 0.410 e. The maximum atomic E-state index is 13.6. The third-order valence-electron chi connectivity index (χ3n) is 6.21. The summed E-state index contributed by atoms with van der Waals surface area (Å²) in [5, 5.41) is 7.77. The number of anilines is 1. The lowest BCUT2D eigenvalue weighted by Gasteiger charge is -2.33. The SMILES string of the molecule is Cc1ccn(-c2cc(OC3CCN(C(=O)OC(C)(C)C)CC3)cc(NC3CCC(F)(F)CC3)n2)n1. The van der Waals surface area contributed by atoms with E-state index in [1.54, 1.807) is 9.58 Å². The molecule has 4 rings (SSSR count). The maximum absolute atomic E-state index is 13.6. The molecule has 1 saturated carbocycles. The Bertz CT molecular complexity index is 1020. The van der Waals surface area contributed by atoms with E-state index in [9.17, 15) is 13.6 Å². The van der Waals surface area contributed by atoms with Gasteiger partial charge in [-0.3, -0.25) is 0 Å². The van der Waals surface area contributed by atoms with Gasteiger partial charge in [0.1, 0.15) is 23.3 Å². The zero-order chi connectivity index (χ0) is 25.2. The zero-order valence-corrected chi connectivity index (χ0v) is 20.9. The van der Waals surface area contributed by atoms with Gasteiger partial charge in [-0.05, 0) is 46.6 Å². The van der Waals surface area contributed by atoms with E-state index in [-0.39, 0.29) is 31.1 Å². The Morgan fingerprint density at radius 2 is 1.83 bits per heavy atom. The normalized spacial score (nSPS) is 19.4. The quantitative estimate of drug-likeness (QED) is 0.608. The molecule has 0 radical (unpaired) electrons. The minimum absolute atomic E-state index is 0.0653. The van der Waals surface area contributed by atoms with E-state index in [2.05, 4.69) is 15.4 Å². The molecule has 35 heavy (non-hydrogen) atoms. The second kappa shape index (κ2) is 9.99. The van der Waals surface area contributed by atoms with Gasteiger partial charge in [-0.1, -0.05) is 0 Å². The molecule has 1 saturated heterocycles. The molecule has 0 atom stereocenters. The number of alkyl halides is 2. The lowest BCUT2D eigenvalue weighted by atomic mass is 9.92. The van der Waals surface area contributed by atoms with E-state index in [4.69, 9.17) is 9.47 Å². The van der Waals surface area contributed by atoms with Crippen molar-refractivity contribution in [3.8, 4) is 11.6 Å². The van der Waals surface area contributed by atoms with Crippen molar-refractivity contribution in [2.45, 2.75) is 89.9 Å². The molecular formula is C25H35F2N5O3. The number of nitrogens with zero attached hydrogens (tertiary/aromatic N) is 4. The number of halogens is 2. The van der Waals surface area contributed by atoms with Crippen LogP contribution < -0.4 is 10.1 Å². The molecule has 2 aromatic heterocycles. The first-order valence-corrected chi connectivity index (χ1v) is 12.3. The second-order valence-electron chi connectivity index (χ2n) is 10.5. The van der Waals surface area contributed by atoms with Crippen molar-refractivity contribution in [1.29, 1.82) is 0 Å². The summed E-state index contributed by atoms with van der Waals surface area (Å²) in [5.41, 5.74) is 0.331. The summed E-state index contributed by atoms with van der Waals surface area (Å²) < 4.78 is 40.6. The third kappa shape index (κ3) is 7.05. The maximum Gasteiger partial charge on any atom is 0.410 e. The van der Waals surface area contributed by atoms with E-state index in [1.165, 1.54) is 0 Å². The van der Waals surface area contributed by atoms with E-state index < -0.39 is 11.5 Å². The van der Waals surface area contributed by atoms with Crippen LogP contribution in [-0.4, -0.2) is 62.5 Å². The van der Waals surface area contributed by atoms with E-state index in [0.29, 0.717) is 56.2 Å². The fourth-order valence-electron chi connectivity index (χ4n) is 4.36. The summed E-state index contributed by atoms with van der Waals surface area (Å²) in [6.45, 7) is 8.57. The van der Waals surface area contributed by atoms with E-state index >= 15 is 0 Å². The Morgan fingerprint density at radius 1 is 1.14 bits per heavy atom. The number of rotatable bonds is 5. The molecule has 1 N–H and O–H groups in total. The minimum atomic E-state index is -2.58. The molecule has 192 valence electrons. The average molecular weight is 492 g/mol. The molecular weight excluding hydrogens is 456 g/mol. The monoisotopic (exact) mass is 491 g/mol. The molecule has 2 fully saturated rings. The number of hydrogen-bond donors (Lipinski definition) is 1. The molecule has 1 aliphatic heterocycles. The number of carbonyl (C=O) groups is 1. The first-order valence-electron chi connectivity index (χ1n) is 12.3. The Morgan fingerprint density at radius 3 is 2.43 bits per heavy atom. The van der Waals surface area contributed by atoms with Gasteiger partial charge in [0.15, 0.2) is 5.82 Å². The van der Waals surface area contributed by atoms with Gasteiger partial charge in [0.25, 0.3) is 0 Å². The Labute approximate surface area is 205 Å². The van der Waals surface area contributed by atoms with Crippen LogP contribution in [0.3, 0.4) is 0 Å². The largest absolute Gasteiger partial charge is 0.490 e. The minimum Gasteiger partial charge on any atom is -0.490 e. The first-order chi connectivity index (χ1) is 16.5. The van der Waals surface area contributed by atoms with E-state index in [0.717, 1.165) is 5.69 Å². The number of ether oxygens (including phenoxy) is 2. The van der Waals surface area contributed by atoms with Gasteiger partial charge in [0, 0.05) is 63.1 Å². The Balaban J connectivity index is 1.44. The molecule has 1 aliphatic carbocycles. The highest BCUT2D eigenvalue weighted by Crippen LogP contribution is 2.34. The number of aromatic nitrogens is 3. The predicted molar refractivity (Wildman–Crippen MR) is 128 cm³/mol. The summed E-state index contributed by atoms with van der Waals surface area (Å²) >= 11 is 0. The van der Waals surface area contributed by atoms with Gasteiger partial charge in [-0.15, -0.1) is 0 Å². The fourth-order valence-corrected chi connectivity index (χ4v) is 4.36. The van der Waals surface area contributed by atoms with Crippen LogP contribution in [0.15, 0.2) is 24.4 Å². The fraction of sp³-hybridized carbons (Fsp3) is 0.640. The van der Waals surface area contributed by atoms with Gasteiger partial charge in [0.05, 0.1) is 5.69 Å². The number of likely N-dealkylation sites (tertiary alicyclic amines) is 1. The van der Waals surface area contributed by atoms with Gasteiger partial charge in [-0.25, -0.2) is 23.2 Å². The third-order valence-corrected chi connectivity index (χ3v) is 6.21. The lowest BCUT2D eigenvalue weighted by Crippen LogP contribution is -2.44. The van der Waals surface area contributed by atoms with Crippen molar-refractivity contribution >= 4 is 11.9 Å². The van der Waals surface area contributed by atoms with E-state index in [1.807, 2.05) is 52.1 Å². The van der Waals surface area contributed by atoms with Crippen LogP contribution in [0, 0.1) is 6.92 Å². The number of aryl methyl sites for hydroxylation is 1. The van der Waals surface area contributed by atoms with Gasteiger partial charge < -0.3 is 19.7 Å². The lowest BCUT2D eigenvalue weighted by molar-refractivity contribution is -0.0361. The second-order valence-corrected chi connectivity index (χ2v) is 10.5. The molecule has 0 unspecified atom stereocenters.